The van der Waals surface area contributed by atoms with Gasteiger partial charge in [-0.05, 0) is 132 Å². The van der Waals surface area contributed by atoms with Gasteiger partial charge in [0.2, 0.25) is 0 Å². The number of carbonyl (C=O) groups excluding carboxylic acids is 1. The Labute approximate surface area is 380 Å². The smallest absolute Gasteiger partial charge is 0.344 e. The zero-order valence-corrected chi connectivity index (χ0v) is 35.7. The number of carbonyl (C=O) groups is 3. The summed E-state index contributed by atoms with van der Waals surface area (Å²) in [6.07, 6.45) is 7.14. The summed E-state index contributed by atoms with van der Waals surface area (Å²) in [6.45, 7) is 4.68. The van der Waals surface area contributed by atoms with E-state index in [4.69, 9.17) is 44.6 Å². The van der Waals surface area contributed by atoms with Crippen molar-refractivity contribution in [2.45, 2.75) is 25.9 Å². The van der Waals surface area contributed by atoms with E-state index < -0.39 is 17.9 Å². The van der Waals surface area contributed by atoms with Gasteiger partial charge in [-0.1, -0.05) is 62.7 Å². The summed E-state index contributed by atoms with van der Waals surface area (Å²) < 4.78 is 33.9. The fourth-order valence-corrected chi connectivity index (χ4v) is 6.61. The van der Waals surface area contributed by atoms with E-state index in [-0.39, 0.29) is 46.8 Å². The number of carboxylic acids is 2. The van der Waals surface area contributed by atoms with Crippen molar-refractivity contribution in [2.24, 2.45) is 0 Å². The number of terminal acetylenes is 1. The summed E-state index contributed by atoms with van der Waals surface area (Å²) in [5, 5.41) is 19.2. The van der Waals surface area contributed by atoms with Crippen LogP contribution in [0.15, 0.2) is 164 Å². The molecule has 2 N–H and O–H groups in total. The van der Waals surface area contributed by atoms with Crippen molar-refractivity contribution in [3.63, 3.8) is 0 Å². The van der Waals surface area contributed by atoms with Crippen molar-refractivity contribution in [2.75, 3.05) is 13.2 Å². The molecule has 13 nitrogen and oxygen atoms in total. The molecule has 13 heteroatoms. The summed E-state index contributed by atoms with van der Waals surface area (Å²) in [4.78, 5) is 47.3. The first-order valence-electron chi connectivity index (χ1n) is 20.4. The number of hydrogen-bond acceptors (Lipinski definition) is 11. The highest BCUT2D eigenvalue weighted by molar-refractivity contribution is 6.03. The van der Waals surface area contributed by atoms with Gasteiger partial charge in [0.15, 0.2) is 5.75 Å². The highest BCUT2D eigenvalue weighted by atomic mass is 17.2. The Morgan fingerprint density at radius 3 is 1.53 bits per heavy atom. The van der Waals surface area contributed by atoms with E-state index in [2.05, 4.69) is 13.8 Å². The molecule has 0 bridgehead atoms. The van der Waals surface area contributed by atoms with Crippen molar-refractivity contribution >= 4 is 17.9 Å². The van der Waals surface area contributed by atoms with Crippen LogP contribution in [0.1, 0.15) is 61.6 Å². The number of hydrogen-bond donors (Lipinski definition) is 2. The van der Waals surface area contributed by atoms with E-state index in [1.165, 1.54) is 36.4 Å². The Balaban J connectivity index is 0.881. The van der Waals surface area contributed by atoms with Crippen LogP contribution in [-0.2, 0) is 16.9 Å². The quantitative estimate of drug-likeness (QED) is 0.0186. The van der Waals surface area contributed by atoms with Crippen LogP contribution < -0.4 is 33.3 Å². The number of rotatable bonds is 20. The summed E-state index contributed by atoms with van der Waals surface area (Å²) >= 11 is 0. The van der Waals surface area contributed by atoms with Crippen LogP contribution >= 0.6 is 0 Å². The van der Waals surface area contributed by atoms with Gasteiger partial charge in [0.1, 0.15) is 71.9 Å². The van der Waals surface area contributed by atoms with Crippen molar-refractivity contribution in [3.05, 3.63) is 197 Å². The third-order valence-corrected chi connectivity index (χ3v) is 10.1. The maximum atomic E-state index is 12.9. The molecule has 0 fully saturated rings. The molecule has 66 heavy (non-hydrogen) atoms. The van der Waals surface area contributed by atoms with Crippen LogP contribution in [0, 0.1) is 12.5 Å². The molecule has 0 saturated heterocycles. The molecular formula is C53H42O13. The first kappa shape index (κ1) is 45.3. The predicted octanol–water partition coefficient (Wildman–Crippen LogP) is 11.2. The molecule has 7 aromatic carbocycles. The van der Waals surface area contributed by atoms with Crippen LogP contribution in [0.25, 0.3) is 0 Å². The van der Waals surface area contributed by atoms with Crippen molar-refractivity contribution in [3.8, 4) is 64.3 Å². The van der Waals surface area contributed by atoms with E-state index in [0.717, 1.165) is 16.9 Å². The Hall–Kier alpha value is -8.73. The van der Waals surface area contributed by atoms with Crippen molar-refractivity contribution < 1.29 is 62.8 Å². The molecule has 0 saturated carbocycles. The lowest BCUT2D eigenvalue weighted by Crippen LogP contribution is -2.18. The molecule has 332 valence electrons. The third-order valence-electron chi connectivity index (χ3n) is 10.1. The molecular weight excluding hydrogens is 845 g/mol. The Morgan fingerprint density at radius 2 is 0.985 bits per heavy atom. The van der Waals surface area contributed by atoms with E-state index in [1.54, 1.807) is 48.5 Å². The van der Waals surface area contributed by atoms with Crippen LogP contribution in [0.2, 0.25) is 0 Å². The second-order valence-corrected chi connectivity index (χ2v) is 14.9. The highest BCUT2D eigenvalue weighted by Crippen LogP contribution is 2.35. The van der Waals surface area contributed by atoms with Gasteiger partial charge in [0, 0.05) is 11.0 Å². The lowest BCUT2D eigenvalue weighted by atomic mass is 9.78. The Bertz CT molecular complexity index is 2810. The maximum absolute atomic E-state index is 12.9. The minimum atomic E-state index is -1.30. The molecule has 0 aliphatic rings. The van der Waals surface area contributed by atoms with Crippen LogP contribution in [-0.4, -0.2) is 41.3 Å². The van der Waals surface area contributed by atoms with E-state index in [9.17, 15) is 24.6 Å². The molecule has 0 spiro atoms. The zero-order chi connectivity index (χ0) is 46.5. The number of para-hydroxylation sites is 1. The first-order chi connectivity index (χ1) is 31.9. The average molecular weight is 887 g/mol. The molecule has 7 rings (SSSR count). The summed E-state index contributed by atoms with van der Waals surface area (Å²) in [5.74, 6) is 0.887. The van der Waals surface area contributed by atoms with Crippen LogP contribution in [0.3, 0.4) is 0 Å². The normalized spacial score (nSPS) is 10.8. The molecule has 0 amide bonds. The minimum Gasteiger partial charge on any atom is -0.490 e. The fourth-order valence-electron chi connectivity index (χ4n) is 6.61. The number of aromatic carboxylic acids is 2. The van der Waals surface area contributed by atoms with Gasteiger partial charge in [0.05, 0.1) is 16.7 Å². The monoisotopic (exact) mass is 886 g/mol. The molecule has 0 heterocycles. The summed E-state index contributed by atoms with van der Waals surface area (Å²) in [6, 6.07) is 46.4. The average Bonchev–Trinajstić information content (AvgIpc) is 3.32. The van der Waals surface area contributed by atoms with Gasteiger partial charge in [-0.2, -0.15) is 4.89 Å². The van der Waals surface area contributed by atoms with E-state index >= 15 is 0 Å². The zero-order valence-electron chi connectivity index (χ0n) is 35.7. The van der Waals surface area contributed by atoms with Gasteiger partial charge in [-0.15, -0.1) is 0 Å². The third kappa shape index (κ3) is 11.8. The molecule has 0 aliphatic carbocycles. The predicted molar refractivity (Wildman–Crippen MR) is 242 cm³/mol. The highest BCUT2D eigenvalue weighted by Gasteiger charge is 2.24. The molecule has 0 atom stereocenters. The standard InChI is InChI=1S/C53H42O13/c1-4-59-46-27-29-48(51(56)57)49(33-46)52(58)65-43-20-18-41(19-21-43)63-39-14-10-36(11-15-39)53(2,3)37-12-16-40(17-13-37)64-42-22-24-44(25-23-42)66-62-34-35-32-45(26-28-47(35)50(54)55)61-31-30-60-38-8-6-5-7-9-38/h1,5-29,32-33H,30-31,34H2,2-3H3,(H,54,55)(H,56,57). The lowest BCUT2D eigenvalue weighted by molar-refractivity contribution is -0.217. The van der Waals surface area contributed by atoms with E-state index in [1.807, 2.05) is 85.0 Å². The van der Waals surface area contributed by atoms with Gasteiger partial charge >= 0.3 is 17.9 Å². The minimum absolute atomic E-state index is 0.0667. The number of carboxylic acid groups (broad SMARTS) is 2. The number of esters is 1. The summed E-state index contributed by atoms with van der Waals surface area (Å²) in [5.41, 5.74) is 1.71. The maximum Gasteiger partial charge on any atom is 0.344 e. The van der Waals surface area contributed by atoms with E-state index in [0.29, 0.717) is 46.7 Å². The van der Waals surface area contributed by atoms with Gasteiger partial charge in [-0.3, -0.25) is 0 Å². The summed E-state index contributed by atoms with van der Waals surface area (Å²) in [7, 11) is 0. The van der Waals surface area contributed by atoms with Gasteiger partial charge in [-0.25, -0.2) is 14.4 Å². The topological polar surface area (TPSA) is 166 Å². The van der Waals surface area contributed by atoms with Crippen LogP contribution in [0.5, 0.6) is 51.7 Å². The SMILES string of the molecule is C#COc1ccc(C(=O)O)c(C(=O)Oc2ccc(Oc3ccc(C(C)(C)c4ccc(Oc5ccc(OOCc6cc(OCCOc7ccccc7)ccc6C(=O)O)cc5)cc4)cc3)cc2)c1. The molecule has 0 radical (unpaired) electrons. The number of benzene rings is 7. The molecule has 0 aliphatic heterocycles. The van der Waals surface area contributed by atoms with Gasteiger partial charge in [0.25, 0.3) is 0 Å². The number of ether oxygens (including phenoxy) is 6. The first-order valence-corrected chi connectivity index (χ1v) is 20.4. The van der Waals surface area contributed by atoms with Gasteiger partial charge < -0.3 is 43.5 Å². The lowest BCUT2D eigenvalue weighted by Gasteiger charge is -2.26. The second-order valence-electron chi connectivity index (χ2n) is 14.9. The second kappa shape index (κ2) is 21.1. The molecule has 7 aromatic rings. The molecule has 0 unspecified atom stereocenters. The Morgan fingerprint density at radius 1 is 0.515 bits per heavy atom. The molecule has 0 aromatic heterocycles. The Kier molecular flexibility index (Phi) is 14.5. The van der Waals surface area contributed by atoms with Crippen LogP contribution in [0.4, 0.5) is 0 Å². The largest absolute Gasteiger partial charge is 0.490 e. The van der Waals surface area contributed by atoms with Crippen molar-refractivity contribution in [1.29, 1.82) is 0 Å². The fraction of sp³-hybridized carbons (Fsp3) is 0.113. The van der Waals surface area contributed by atoms with Crippen molar-refractivity contribution in [1.82, 2.24) is 0 Å².